The van der Waals surface area contributed by atoms with E-state index in [-0.39, 0.29) is 0 Å². The topological polar surface area (TPSA) is 56.3 Å². The van der Waals surface area contributed by atoms with Crippen molar-refractivity contribution in [2.75, 3.05) is 38.8 Å². The molecule has 108 valence electrons. The van der Waals surface area contributed by atoms with Crippen molar-refractivity contribution in [3.63, 3.8) is 0 Å². The molecule has 0 saturated carbocycles. The van der Waals surface area contributed by atoms with Crippen LogP contribution in [0.4, 0.5) is 5.82 Å². The molecule has 20 heavy (non-hydrogen) atoms. The number of aromatic nitrogens is 2. The number of nitrogens with zero attached hydrogens (tertiary/aromatic N) is 2. The van der Waals surface area contributed by atoms with Gasteiger partial charge in [0.25, 0.3) is 0 Å². The summed E-state index contributed by atoms with van der Waals surface area (Å²) in [4.78, 5) is 0. The summed E-state index contributed by atoms with van der Waals surface area (Å²) in [5.41, 5.74) is 0.953. The van der Waals surface area contributed by atoms with E-state index in [0.717, 1.165) is 35.2 Å². The first-order valence-corrected chi connectivity index (χ1v) is 6.85. The molecule has 5 nitrogen and oxygen atoms in total. The van der Waals surface area contributed by atoms with Crippen LogP contribution in [0.25, 0.3) is 10.8 Å². The molecule has 0 radical (unpaired) electrons. The Morgan fingerprint density at radius 1 is 1.05 bits per heavy atom. The summed E-state index contributed by atoms with van der Waals surface area (Å²) in [7, 11) is 1.67. The van der Waals surface area contributed by atoms with Crippen LogP contribution in [-0.2, 0) is 9.47 Å². The van der Waals surface area contributed by atoms with Crippen LogP contribution < -0.4 is 5.32 Å². The van der Waals surface area contributed by atoms with Crippen LogP contribution in [0.2, 0.25) is 0 Å². The summed E-state index contributed by atoms with van der Waals surface area (Å²) in [6.45, 7) is 4.79. The van der Waals surface area contributed by atoms with Crippen molar-refractivity contribution in [1.82, 2.24) is 10.2 Å². The fraction of sp³-hybridized carbons (Fsp3) is 0.467. The highest BCUT2D eigenvalue weighted by molar-refractivity contribution is 5.92. The molecule has 1 N–H and O–H groups in total. The molecule has 0 unspecified atom stereocenters. The van der Waals surface area contributed by atoms with Crippen LogP contribution in [-0.4, -0.2) is 43.7 Å². The molecule has 1 aromatic carbocycles. The van der Waals surface area contributed by atoms with Crippen molar-refractivity contribution in [2.45, 2.75) is 13.3 Å². The van der Waals surface area contributed by atoms with E-state index in [2.05, 4.69) is 27.6 Å². The zero-order valence-electron chi connectivity index (χ0n) is 12.1. The first-order chi connectivity index (χ1) is 9.83. The van der Waals surface area contributed by atoms with Gasteiger partial charge in [-0.05, 0) is 13.3 Å². The van der Waals surface area contributed by atoms with Crippen LogP contribution >= 0.6 is 0 Å². The summed E-state index contributed by atoms with van der Waals surface area (Å²) < 4.78 is 10.3. The SMILES string of the molecule is COCCOCCCNc1nnc(C)c2ccccc12. The number of benzene rings is 1. The average Bonchev–Trinajstić information content (AvgIpc) is 2.49. The Morgan fingerprint density at radius 3 is 2.65 bits per heavy atom. The molecule has 0 amide bonds. The second-order valence-electron chi connectivity index (χ2n) is 4.57. The zero-order chi connectivity index (χ0) is 14.2. The Balaban J connectivity index is 1.86. The standard InChI is InChI=1S/C15H21N3O2/c1-12-13-6-3-4-7-14(13)15(18-17-12)16-8-5-9-20-11-10-19-2/h3-4,6-7H,5,8-11H2,1-2H3,(H,16,18). The molecule has 0 atom stereocenters. The van der Waals surface area contributed by atoms with Crippen molar-refractivity contribution in [3.8, 4) is 0 Å². The molecule has 0 aliphatic rings. The third kappa shape index (κ3) is 3.88. The van der Waals surface area contributed by atoms with Crippen molar-refractivity contribution < 1.29 is 9.47 Å². The third-order valence-corrected chi connectivity index (χ3v) is 3.06. The molecule has 1 aromatic heterocycles. The number of ether oxygens (including phenoxy) is 2. The smallest absolute Gasteiger partial charge is 0.156 e. The van der Waals surface area contributed by atoms with Gasteiger partial charge >= 0.3 is 0 Å². The quantitative estimate of drug-likeness (QED) is 0.750. The number of hydrogen-bond acceptors (Lipinski definition) is 5. The molecule has 0 fully saturated rings. The fourth-order valence-corrected chi connectivity index (χ4v) is 1.99. The lowest BCUT2D eigenvalue weighted by Gasteiger charge is -2.09. The van der Waals surface area contributed by atoms with Gasteiger partial charge in [0.05, 0.1) is 18.9 Å². The summed E-state index contributed by atoms with van der Waals surface area (Å²) in [6.07, 6.45) is 0.924. The first-order valence-electron chi connectivity index (χ1n) is 6.85. The molecular weight excluding hydrogens is 254 g/mol. The Hall–Kier alpha value is -1.72. The van der Waals surface area contributed by atoms with Gasteiger partial charge in [0.2, 0.25) is 0 Å². The molecule has 2 aromatic rings. The maximum atomic E-state index is 5.42. The molecule has 0 bridgehead atoms. The van der Waals surface area contributed by atoms with Gasteiger partial charge in [-0.25, -0.2) is 0 Å². The van der Waals surface area contributed by atoms with E-state index in [1.54, 1.807) is 7.11 Å². The fourth-order valence-electron chi connectivity index (χ4n) is 1.99. The number of aryl methyl sites for hydroxylation is 1. The zero-order valence-corrected chi connectivity index (χ0v) is 12.1. The summed E-state index contributed by atoms with van der Waals surface area (Å²) in [5.74, 6) is 0.836. The van der Waals surface area contributed by atoms with Crippen molar-refractivity contribution in [3.05, 3.63) is 30.0 Å². The van der Waals surface area contributed by atoms with E-state index >= 15 is 0 Å². The van der Waals surface area contributed by atoms with Gasteiger partial charge in [-0.2, -0.15) is 5.10 Å². The Labute approximate surface area is 119 Å². The first kappa shape index (κ1) is 14.7. The van der Waals surface area contributed by atoms with Gasteiger partial charge in [-0.1, -0.05) is 24.3 Å². The van der Waals surface area contributed by atoms with E-state index in [4.69, 9.17) is 9.47 Å². The van der Waals surface area contributed by atoms with Crippen molar-refractivity contribution in [1.29, 1.82) is 0 Å². The third-order valence-electron chi connectivity index (χ3n) is 3.06. The van der Waals surface area contributed by atoms with Gasteiger partial charge in [0.15, 0.2) is 5.82 Å². The van der Waals surface area contributed by atoms with Crippen LogP contribution in [0, 0.1) is 6.92 Å². The van der Waals surface area contributed by atoms with Gasteiger partial charge < -0.3 is 14.8 Å². The molecule has 2 rings (SSSR count). The maximum absolute atomic E-state index is 5.42. The molecule has 0 aliphatic carbocycles. The minimum Gasteiger partial charge on any atom is -0.382 e. The van der Waals surface area contributed by atoms with Crippen LogP contribution in [0.3, 0.4) is 0 Å². The number of nitrogens with one attached hydrogen (secondary N) is 1. The summed E-state index contributed by atoms with van der Waals surface area (Å²) in [6, 6.07) is 8.17. The molecule has 0 spiro atoms. The lowest BCUT2D eigenvalue weighted by Crippen LogP contribution is -2.10. The highest BCUT2D eigenvalue weighted by Gasteiger charge is 2.05. The van der Waals surface area contributed by atoms with Gasteiger partial charge in [-0.15, -0.1) is 5.10 Å². The molecule has 5 heteroatoms. The van der Waals surface area contributed by atoms with E-state index in [1.807, 2.05) is 19.1 Å². The van der Waals surface area contributed by atoms with E-state index < -0.39 is 0 Å². The number of rotatable bonds is 8. The monoisotopic (exact) mass is 275 g/mol. The second kappa shape index (κ2) is 7.77. The maximum Gasteiger partial charge on any atom is 0.156 e. The van der Waals surface area contributed by atoms with Crippen LogP contribution in [0.5, 0.6) is 0 Å². The highest BCUT2D eigenvalue weighted by Crippen LogP contribution is 2.21. The van der Waals surface area contributed by atoms with Crippen molar-refractivity contribution in [2.24, 2.45) is 0 Å². The lowest BCUT2D eigenvalue weighted by molar-refractivity contribution is 0.0705. The molecule has 0 aliphatic heterocycles. The van der Waals surface area contributed by atoms with Crippen LogP contribution in [0.15, 0.2) is 24.3 Å². The van der Waals surface area contributed by atoms with Gasteiger partial charge in [0.1, 0.15) is 0 Å². The van der Waals surface area contributed by atoms with Gasteiger partial charge in [0, 0.05) is 31.0 Å². The number of anilines is 1. The molecule has 0 saturated heterocycles. The normalized spacial score (nSPS) is 10.9. The number of fused-ring (bicyclic) bond motifs is 1. The molecular formula is C15H21N3O2. The minimum absolute atomic E-state index is 0.640. The summed E-state index contributed by atoms with van der Waals surface area (Å²) >= 11 is 0. The Kier molecular flexibility index (Phi) is 5.70. The van der Waals surface area contributed by atoms with E-state index in [1.165, 1.54) is 0 Å². The largest absolute Gasteiger partial charge is 0.382 e. The number of methoxy groups -OCH3 is 1. The van der Waals surface area contributed by atoms with E-state index in [0.29, 0.717) is 19.8 Å². The number of hydrogen-bond donors (Lipinski definition) is 1. The highest BCUT2D eigenvalue weighted by atomic mass is 16.5. The Morgan fingerprint density at radius 2 is 1.85 bits per heavy atom. The predicted molar refractivity (Wildman–Crippen MR) is 80.1 cm³/mol. The Bertz CT molecular complexity index is 546. The lowest BCUT2D eigenvalue weighted by atomic mass is 10.1. The minimum atomic E-state index is 0.640. The van der Waals surface area contributed by atoms with Crippen molar-refractivity contribution >= 4 is 16.6 Å². The van der Waals surface area contributed by atoms with Gasteiger partial charge in [-0.3, -0.25) is 0 Å². The van der Waals surface area contributed by atoms with Crippen LogP contribution in [0.1, 0.15) is 12.1 Å². The average molecular weight is 275 g/mol. The second-order valence-corrected chi connectivity index (χ2v) is 4.57. The summed E-state index contributed by atoms with van der Waals surface area (Å²) in [5, 5.41) is 14.0. The van der Waals surface area contributed by atoms with E-state index in [9.17, 15) is 0 Å². The molecule has 1 heterocycles. The predicted octanol–water partition coefficient (Wildman–Crippen LogP) is 2.40.